The minimum Gasteiger partial charge on any atom is -0.497 e. The number of carbonyl (C=O) groups is 1. The number of nitrogens with two attached hydrogens (primary N) is 1. The molecule has 0 radical (unpaired) electrons. The van der Waals surface area contributed by atoms with Crippen LogP contribution in [0.15, 0.2) is 78.2 Å². The first-order valence-corrected chi connectivity index (χ1v) is 10.2. The van der Waals surface area contributed by atoms with E-state index in [2.05, 4.69) is 6.07 Å². The first kappa shape index (κ1) is 21.8. The van der Waals surface area contributed by atoms with Crippen molar-refractivity contribution in [2.45, 2.75) is 12.8 Å². The lowest BCUT2D eigenvalue weighted by atomic mass is 9.83. The molecule has 2 N–H and O–H groups in total. The maximum Gasteiger partial charge on any atom is 0.349 e. The number of para-hydroxylation sites is 1. The molecule has 0 saturated heterocycles. The molecule has 1 aliphatic rings. The first-order chi connectivity index (χ1) is 16.0. The quantitative estimate of drug-likeness (QED) is 0.450. The third-order valence-electron chi connectivity index (χ3n) is 5.31. The van der Waals surface area contributed by atoms with Crippen LogP contribution >= 0.6 is 0 Å². The van der Waals surface area contributed by atoms with Crippen LogP contribution in [0.3, 0.4) is 0 Å². The number of fused-ring (bicyclic) bond motifs is 1. The molecule has 3 aromatic carbocycles. The molecule has 0 aliphatic carbocycles. The average Bonchev–Trinajstić information content (AvgIpc) is 2.82. The average molecular weight is 442 g/mol. The van der Waals surface area contributed by atoms with E-state index < -0.39 is 11.9 Å². The highest BCUT2D eigenvalue weighted by Crippen LogP contribution is 2.43. The van der Waals surface area contributed by atoms with E-state index in [4.69, 9.17) is 24.7 Å². The lowest BCUT2D eigenvalue weighted by molar-refractivity contribution is -0.136. The number of rotatable bonds is 6. The predicted octanol–water partition coefficient (Wildman–Crippen LogP) is 4.21. The van der Waals surface area contributed by atoms with Crippen molar-refractivity contribution in [2.24, 2.45) is 5.73 Å². The fourth-order valence-electron chi connectivity index (χ4n) is 3.65. The third kappa shape index (κ3) is 4.60. The molecule has 1 atom stereocenters. The minimum absolute atomic E-state index is 0.0113. The molecular formula is C26H22N2O5. The molecule has 1 heterocycles. The van der Waals surface area contributed by atoms with Gasteiger partial charge in [-0.1, -0.05) is 36.4 Å². The number of nitriles is 1. The molecule has 7 nitrogen and oxygen atoms in total. The van der Waals surface area contributed by atoms with Crippen molar-refractivity contribution in [2.75, 3.05) is 13.7 Å². The summed E-state index contributed by atoms with van der Waals surface area (Å²) in [5.41, 5.74) is 8.88. The largest absolute Gasteiger partial charge is 0.497 e. The van der Waals surface area contributed by atoms with Crippen LogP contribution in [-0.4, -0.2) is 19.7 Å². The van der Waals surface area contributed by atoms with Crippen molar-refractivity contribution in [1.82, 2.24) is 0 Å². The smallest absolute Gasteiger partial charge is 0.349 e. The predicted molar refractivity (Wildman–Crippen MR) is 121 cm³/mol. The van der Waals surface area contributed by atoms with Crippen LogP contribution in [0.4, 0.5) is 0 Å². The van der Waals surface area contributed by atoms with Crippen LogP contribution in [0, 0.1) is 18.3 Å². The van der Waals surface area contributed by atoms with Gasteiger partial charge in [0.2, 0.25) is 5.88 Å². The van der Waals surface area contributed by atoms with E-state index in [9.17, 15) is 10.1 Å². The highest BCUT2D eigenvalue weighted by Gasteiger charge is 2.31. The van der Waals surface area contributed by atoms with E-state index in [1.807, 2.05) is 49.4 Å². The van der Waals surface area contributed by atoms with Crippen LogP contribution < -0.4 is 24.7 Å². The monoisotopic (exact) mass is 442 g/mol. The topological polar surface area (TPSA) is 104 Å². The molecule has 0 spiro atoms. The number of methoxy groups -OCH3 is 1. The Bertz CT molecular complexity index is 1260. The SMILES string of the molecule is COc1ccc(C2C(C#N)=C(N)Oc3cc(OC(=O)COc4ccccc4C)ccc32)cc1. The molecule has 0 bridgehead atoms. The highest BCUT2D eigenvalue weighted by atomic mass is 16.6. The van der Waals surface area contributed by atoms with E-state index in [-0.39, 0.29) is 18.2 Å². The van der Waals surface area contributed by atoms with Gasteiger partial charge in [-0.2, -0.15) is 5.26 Å². The summed E-state index contributed by atoms with van der Waals surface area (Å²) >= 11 is 0. The van der Waals surface area contributed by atoms with Crippen molar-refractivity contribution in [3.05, 3.63) is 94.9 Å². The summed E-state index contributed by atoms with van der Waals surface area (Å²) < 4.78 is 21.9. The van der Waals surface area contributed by atoms with E-state index in [1.54, 1.807) is 31.4 Å². The van der Waals surface area contributed by atoms with Crippen LogP contribution in [0.25, 0.3) is 0 Å². The van der Waals surface area contributed by atoms with Crippen molar-refractivity contribution >= 4 is 5.97 Å². The standard InChI is InChI=1S/C26H22N2O5/c1-16-5-3-4-6-22(16)31-15-24(29)32-19-11-12-20-23(13-19)33-26(28)21(14-27)25(20)17-7-9-18(30-2)10-8-17/h3-13,25H,15,28H2,1-2H3. The lowest BCUT2D eigenvalue weighted by Gasteiger charge is -2.26. The van der Waals surface area contributed by atoms with Gasteiger partial charge < -0.3 is 24.7 Å². The maximum atomic E-state index is 12.3. The molecule has 0 amide bonds. The van der Waals surface area contributed by atoms with Crippen LogP contribution in [0.1, 0.15) is 22.6 Å². The number of nitrogens with zero attached hydrogens (tertiary/aromatic N) is 1. The van der Waals surface area contributed by atoms with Crippen LogP contribution in [0.2, 0.25) is 0 Å². The van der Waals surface area contributed by atoms with Gasteiger partial charge in [0.1, 0.15) is 34.6 Å². The van der Waals surface area contributed by atoms with E-state index >= 15 is 0 Å². The van der Waals surface area contributed by atoms with Gasteiger partial charge >= 0.3 is 5.97 Å². The molecular weight excluding hydrogens is 420 g/mol. The zero-order valence-electron chi connectivity index (χ0n) is 18.2. The molecule has 0 saturated carbocycles. The van der Waals surface area contributed by atoms with Crippen LogP contribution in [-0.2, 0) is 4.79 Å². The van der Waals surface area contributed by atoms with Crippen LogP contribution in [0.5, 0.6) is 23.0 Å². The minimum atomic E-state index is -0.554. The second kappa shape index (κ2) is 9.37. The Morgan fingerprint density at radius 3 is 2.52 bits per heavy atom. The fourth-order valence-corrected chi connectivity index (χ4v) is 3.65. The fraction of sp³-hybridized carbons (Fsp3) is 0.154. The molecule has 7 heteroatoms. The second-order valence-corrected chi connectivity index (χ2v) is 7.43. The number of aryl methyl sites for hydroxylation is 1. The summed E-state index contributed by atoms with van der Waals surface area (Å²) in [6, 6.07) is 22.0. The van der Waals surface area contributed by atoms with Crippen molar-refractivity contribution in [3.63, 3.8) is 0 Å². The molecule has 1 unspecified atom stereocenters. The zero-order chi connectivity index (χ0) is 23.4. The number of benzene rings is 3. The third-order valence-corrected chi connectivity index (χ3v) is 5.31. The van der Waals surface area contributed by atoms with E-state index in [0.717, 1.165) is 16.7 Å². The first-order valence-electron chi connectivity index (χ1n) is 10.2. The summed E-state index contributed by atoms with van der Waals surface area (Å²) in [7, 11) is 1.59. The Morgan fingerprint density at radius 1 is 1.09 bits per heavy atom. The number of ether oxygens (including phenoxy) is 4. The van der Waals surface area contributed by atoms with Gasteiger partial charge in [-0.25, -0.2) is 4.79 Å². The van der Waals surface area contributed by atoms with Gasteiger partial charge in [-0.15, -0.1) is 0 Å². The Morgan fingerprint density at radius 2 is 1.82 bits per heavy atom. The molecule has 4 rings (SSSR count). The molecule has 0 fully saturated rings. The molecule has 1 aliphatic heterocycles. The zero-order valence-corrected chi connectivity index (χ0v) is 18.2. The van der Waals surface area contributed by atoms with Crippen molar-refractivity contribution in [3.8, 4) is 29.1 Å². The molecule has 166 valence electrons. The Kier molecular flexibility index (Phi) is 6.18. The summed E-state index contributed by atoms with van der Waals surface area (Å²) in [6.07, 6.45) is 0. The Balaban J connectivity index is 1.55. The van der Waals surface area contributed by atoms with E-state index in [0.29, 0.717) is 22.8 Å². The summed E-state index contributed by atoms with van der Waals surface area (Å²) in [6.45, 7) is 1.66. The van der Waals surface area contributed by atoms with Crippen molar-refractivity contribution in [1.29, 1.82) is 5.26 Å². The van der Waals surface area contributed by atoms with Crippen molar-refractivity contribution < 1.29 is 23.7 Å². The number of hydrogen-bond acceptors (Lipinski definition) is 7. The van der Waals surface area contributed by atoms with Gasteiger partial charge in [-0.05, 0) is 42.3 Å². The summed E-state index contributed by atoms with van der Waals surface area (Å²) in [5, 5.41) is 9.69. The van der Waals surface area contributed by atoms with Gasteiger partial charge in [0.25, 0.3) is 0 Å². The molecule has 33 heavy (non-hydrogen) atoms. The number of allylic oxidation sites excluding steroid dienone is 1. The highest BCUT2D eigenvalue weighted by molar-refractivity contribution is 5.74. The number of carbonyl (C=O) groups excluding carboxylic acids is 1. The summed E-state index contributed by atoms with van der Waals surface area (Å²) in [4.78, 5) is 12.3. The van der Waals surface area contributed by atoms with Gasteiger partial charge in [0.15, 0.2) is 6.61 Å². The lowest BCUT2D eigenvalue weighted by Crippen LogP contribution is -2.21. The normalized spacial score (nSPS) is 14.5. The van der Waals surface area contributed by atoms with E-state index in [1.165, 1.54) is 0 Å². The summed E-state index contributed by atoms with van der Waals surface area (Å²) in [5.74, 6) is 1.06. The van der Waals surface area contributed by atoms with Gasteiger partial charge in [0, 0.05) is 11.6 Å². The molecule has 3 aromatic rings. The Labute approximate surface area is 191 Å². The van der Waals surface area contributed by atoms with Gasteiger partial charge in [0.05, 0.1) is 13.0 Å². The number of hydrogen-bond donors (Lipinski definition) is 1. The second-order valence-electron chi connectivity index (χ2n) is 7.43. The number of esters is 1. The Hall–Kier alpha value is -4.44. The maximum absolute atomic E-state index is 12.3. The molecule has 0 aromatic heterocycles. The van der Waals surface area contributed by atoms with Gasteiger partial charge in [-0.3, -0.25) is 0 Å².